The molecule has 18 heavy (non-hydrogen) atoms. The number of hydrogen-bond donors (Lipinski definition) is 1. The highest BCUT2D eigenvalue weighted by molar-refractivity contribution is 5.95. The molecule has 0 amide bonds. The lowest BCUT2D eigenvalue weighted by atomic mass is 10.0. The van der Waals surface area contributed by atoms with Crippen molar-refractivity contribution in [3.8, 4) is 5.75 Å². The van der Waals surface area contributed by atoms with Crippen LogP contribution in [0, 0.1) is 5.82 Å². The first kappa shape index (κ1) is 12.4. The van der Waals surface area contributed by atoms with Gasteiger partial charge >= 0.3 is 12.1 Å². The highest BCUT2D eigenvalue weighted by atomic mass is 19.4. The van der Waals surface area contributed by atoms with Crippen LogP contribution < -0.4 is 4.74 Å². The highest BCUT2D eigenvalue weighted by Gasteiger charge is 2.48. The van der Waals surface area contributed by atoms with Crippen molar-refractivity contribution in [1.29, 1.82) is 0 Å². The highest BCUT2D eigenvalue weighted by Crippen LogP contribution is 2.37. The van der Waals surface area contributed by atoms with Crippen molar-refractivity contribution >= 4 is 12.0 Å². The number of benzene rings is 1. The quantitative estimate of drug-likeness (QED) is 0.791. The van der Waals surface area contributed by atoms with Gasteiger partial charge in [0.25, 0.3) is 0 Å². The van der Waals surface area contributed by atoms with Crippen LogP contribution in [0.5, 0.6) is 5.75 Å². The average Bonchev–Trinajstić information content (AvgIpc) is 2.26. The van der Waals surface area contributed by atoms with Gasteiger partial charge in [-0.25, -0.2) is 9.18 Å². The summed E-state index contributed by atoms with van der Waals surface area (Å²) in [5.74, 6) is -2.97. The number of carbonyl (C=O) groups is 1. The molecular weight excluding hydrogens is 256 g/mol. The monoisotopic (exact) mass is 262 g/mol. The van der Waals surface area contributed by atoms with Gasteiger partial charge in [0, 0.05) is 0 Å². The van der Waals surface area contributed by atoms with E-state index in [0.29, 0.717) is 6.08 Å². The summed E-state index contributed by atoms with van der Waals surface area (Å²) >= 11 is 0. The Morgan fingerprint density at radius 2 is 2.00 bits per heavy atom. The third kappa shape index (κ3) is 2.03. The first-order valence-corrected chi connectivity index (χ1v) is 4.77. The standard InChI is InChI=1S/C11H6F4O3/c12-7-2-1-3-8-5(7)4-6(10(16)17)9(18-8)11(13,14)15/h1-4,9H,(H,16,17). The van der Waals surface area contributed by atoms with Gasteiger partial charge in [0.15, 0.2) is 0 Å². The predicted octanol–water partition coefficient (Wildman–Crippen LogP) is 2.62. The zero-order valence-electron chi connectivity index (χ0n) is 8.66. The van der Waals surface area contributed by atoms with Crippen LogP contribution >= 0.6 is 0 Å². The van der Waals surface area contributed by atoms with E-state index >= 15 is 0 Å². The number of fused-ring (bicyclic) bond motifs is 1. The molecule has 1 aliphatic rings. The van der Waals surface area contributed by atoms with E-state index in [2.05, 4.69) is 4.74 Å². The first-order chi connectivity index (χ1) is 8.30. The molecule has 96 valence electrons. The van der Waals surface area contributed by atoms with Gasteiger partial charge in [0.05, 0.1) is 11.1 Å². The summed E-state index contributed by atoms with van der Waals surface area (Å²) in [6.45, 7) is 0. The van der Waals surface area contributed by atoms with E-state index in [1.165, 1.54) is 6.07 Å². The van der Waals surface area contributed by atoms with Crippen molar-refractivity contribution in [2.75, 3.05) is 0 Å². The summed E-state index contributed by atoms with van der Waals surface area (Å²) in [5.41, 5.74) is -1.34. The molecule has 1 N–H and O–H groups in total. The van der Waals surface area contributed by atoms with Crippen LogP contribution in [0.25, 0.3) is 6.08 Å². The van der Waals surface area contributed by atoms with Crippen molar-refractivity contribution in [2.45, 2.75) is 12.3 Å². The number of ether oxygens (including phenoxy) is 1. The number of carboxylic acids is 1. The van der Waals surface area contributed by atoms with E-state index in [4.69, 9.17) is 5.11 Å². The Morgan fingerprint density at radius 3 is 2.56 bits per heavy atom. The second kappa shape index (κ2) is 4.01. The Kier molecular flexibility index (Phi) is 2.76. The number of halogens is 4. The topological polar surface area (TPSA) is 46.5 Å². The van der Waals surface area contributed by atoms with Crippen LogP contribution in [0.3, 0.4) is 0 Å². The lowest BCUT2D eigenvalue weighted by Crippen LogP contribution is -2.40. The van der Waals surface area contributed by atoms with Crippen LogP contribution in [0.4, 0.5) is 17.6 Å². The minimum atomic E-state index is -4.88. The van der Waals surface area contributed by atoms with Gasteiger partial charge in [-0.05, 0) is 18.2 Å². The van der Waals surface area contributed by atoms with Gasteiger partial charge in [-0.1, -0.05) is 6.07 Å². The van der Waals surface area contributed by atoms with E-state index < -0.39 is 29.6 Å². The molecule has 0 saturated carbocycles. The lowest BCUT2D eigenvalue weighted by molar-refractivity contribution is -0.187. The predicted molar refractivity (Wildman–Crippen MR) is 52.5 cm³/mol. The van der Waals surface area contributed by atoms with Crippen molar-refractivity contribution in [2.24, 2.45) is 0 Å². The van der Waals surface area contributed by atoms with Crippen LogP contribution in [0.15, 0.2) is 23.8 Å². The molecule has 0 radical (unpaired) electrons. The van der Waals surface area contributed by atoms with Crippen molar-refractivity contribution < 1.29 is 32.2 Å². The Labute approximate surface area is 98.3 Å². The van der Waals surface area contributed by atoms with Crippen LogP contribution in [0.2, 0.25) is 0 Å². The Balaban J connectivity index is 2.57. The van der Waals surface area contributed by atoms with Gasteiger partial charge in [-0.2, -0.15) is 13.2 Å². The fraction of sp³-hybridized carbons (Fsp3) is 0.182. The van der Waals surface area contributed by atoms with Gasteiger partial charge in [-0.3, -0.25) is 0 Å². The zero-order valence-corrected chi connectivity index (χ0v) is 8.66. The summed E-state index contributed by atoms with van der Waals surface area (Å²) in [6.07, 6.45) is -6.83. The summed E-state index contributed by atoms with van der Waals surface area (Å²) in [4.78, 5) is 10.8. The summed E-state index contributed by atoms with van der Waals surface area (Å²) in [5, 5.41) is 8.72. The molecule has 3 nitrogen and oxygen atoms in total. The molecule has 1 heterocycles. The Hall–Kier alpha value is -2.05. The molecule has 1 unspecified atom stereocenters. The minimum Gasteiger partial charge on any atom is -0.478 e. The SMILES string of the molecule is O=C(O)C1=Cc2c(F)cccc2OC1C(F)(F)F. The van der Waals surface area contributed by atoms with Crippen molar-refractivity contribution in [3.05, 3.63) is 35.2 Å². The fourth-order valence-electron chi connectivity index (χ4n) is 1.60. The zero-order chi connectivity index (χ0) is 13.5. The summed E-state index contributed by atoms with van der Waals surface area (Å²) in [6, 6.07) is 3.33. The van der Waals surface area contributed by atoms with Crippen LogP contribution in [-0.4, -0.2) is 23.4 Å². The minimum absolute atomic E-state index is 0.296. The molecule has 0 aromatic heterocycles. The number of aliphatic carboxylic acids is 1. The second-order valence-electron chi connectivity index (χ2n) is 3.60. The van der Waals surface area contributed by atoms with E-state index in [1.54, 1.807) is 0 Å². The van der Waals surface area contributed by atoms with E-state index in [1.807, 2.05) is 0 Å². The van der Waals surface area contributed by atoms with Gasteiger partial charge in [0.1, 0.15) is 11.6 Å². The van der Waals surface area contributed by atoms with Crippen LogP contribution in [0.1, 0.15) is 5.56 Å². The largest absolute Gasteiger partial charge is 0.478 e. The molecule has 1 aliphatic heterocycles. The van der Waals surface area contributed by atoms with E-state index in [9.17, 15) is 22.4 Å². The molecule has 0 spiro atoms. The number of hydrogen-bond acceptors (Lipinski definition) is 2. The van der Waals surface area contributed by atoms with Crippen LogP contribution in [-0.2, 0) is 4.79 Å². The van der Waals surface area contributed by atoms with Gasteiger partial charge < -0.3 is 9.84 Å². The maximum Gasteiger partial charge on any atom is 0.430 e. The van der Waals surface area contributed by atoms with Crippen molar-refractivity contribution in [3.63, 3.8) is 0 Å². The normalized spacial score (nSPS) is 18.7. The fourth-order valence-corrected chi connectivity index (χ4v) is 1.60. The molecular formula is C11H6F4O3. The smallest absolute Gasteiger partial charge is 0.430 e. The number of alkyl halides is 3. The molecule has 2 rings (SSSR count). The summed E-state index contributed by atoms with van der Waals surface area (Å²) in [7, 11) is 0. The maximum absolute atomic E-state index is 13.3. The second-order valence-corrected chi connectivity index (χ2v) is 3.60. The molecule has 1 aromatic rings. The van der Waals surface area contributed by atoms with Gasteiger partial charge in [0.2, 0.25) is 6.10 Å². The molecule has 0 bridgehead atoms. The molecule has 7 heteroatoms. The van der Waals surface area contributed by atoms with E-state index in [-0.39, 0.29) is 11.3 Å². The Bertz CT molecular complexity index is 534. The number of carboxylic acid groups (broad SMARTS) is 1. The molecule has 0 aliphatic carbocycles. The molecule has 1 atom stereocenters. The van der Waals surface area contributed by atoms with E-state index in [0.717, 1.165) is 12.1 Å². The first-order valence-electron chi connectivity index (χ1n) is 4.77. The third-order valence-corrected chi connectivity index (χ3v) is 2.38. The van der Waals surface area contributed by atoms with Crippen molar-refractivity contribution in [1.82, 2.24) is 0 Å². The molecule has 0 fully saturated rings. The third-order valence-electron chi connectivity index (χ3n) is 2.38. The average molecular weight is 262 g/mol. The maximum atomic E-state index is 13.3. The molecule has 0 saturated heterocycles. The lowest BCUT2D eigenvalue weighted by Gasteiger charge is -2.26. The Morgan fingerprint density at radius 1 is 1.33 bits per heavy atom. The molecule has 1 aromatic carbocycles. The van der Waals surface area contributed by atoms with Gasteiger partial charge in [-0.15, -0.1) is 0 Å². The summed E-state index contributed by atoms with van der Waals surface area (Å²) < 4.78 is 55.7. The number of rotatable bonds is 1.